The number of hydrogen-bond acceptors (Lipinski definition) is 2. The number of carbonyl (C=O) groups is 1. The zero-order valence-electron chi connectivity index (χ0n) is 5.77. The lowest BCUT2D eigenvalue weighted by Crippen LogP contribution is -1.89. The van der Waals surface area contributed by atoms with Gasteiger partial charge >= 0.3 is 0 Å². The first-order valence-electron chi connectivity index (χ1n) is 3.28. The molecule has 54 valence electrons. The fraction of sp³-hybridized carbons (Fsp3) is 0. The Morgan fingerprint density at radius 2 is 2.27 bits per heavy atom. The lowest BCUT2D eigenvalue weighted by molar-refractivity contribution is 0.111. The summed E-state index contributed by atoms with van der Waals surface area (Å²) in [7, 11) is 0. The van der Waals surface area contributed by atoms with Gasteiger partial charge in [0.2, 0.25) is 0 Å². The summed E-state index contributed by atoms with van der Waals surface area (Å²) in [6, 6.07) is 5.50. The lowest BCUT2D eigenvalue weighted by atomic mass is 10.5. The summed E-state index contributed by atoms with van der Waals surface area (Å²) in [4.78, 5) is 14.3. The van der Waals surface area contributed by atoms with E-state index in [4.69, 9.17) is 0 Å². The van der Waals surface area contributed by atoms with Gasteiger partial charge in [-0.05, 0) is 18.2 Å². The summed E-state index contributed by atoms with van der Waals surface area (Å²) < 4.78 is 1.74. The van der Waals surface area contributed by atoms with Crippen LogP contribution in [0.3, 0.4) is 0 Å². The molecule has 0 amide bonds. The Labute approximate surface area is 63.3 Å². The van der Waals surface area contributed by atoms with E-state index in [0.29, 0.717) is 5.69 Å². The van der Waals surface area contributed by atoms with Gasteiger partial charge in [-0.1, -0.05) is 0 Å². The van der Waals surface area contributed by atoms with Gasteiger partial charge in [0.1, 0.15) is 0 Å². The Hall–Kier alpha value is -1.64. The number of rotatable bonds is 1. The molecule has 0 radical (unpaired) electrons. The topological polar surface area (TPSA) is 34.4 Å². The maximum absolute atomic E-state index is 10.4. The molecular weight excluding hydrogens is 140 g/mol. The summed E-state index contributed by atoms with van der Waals surface area (Å²) in [5.74, 6) is 0. The molecule has 0 aliphatic carbocycles. The second-order valence-corrected chi connectivity index (χ2v) is 2.25. The third-order valence-corrected chi connectivity index (χ3v) is 1.62. The van der Waals surface area contributed by atoms with Crippen molar-refractivity contribution in [3.63, 3.8) is 0 Å². The van der Waals surface area contributed by atoms with Gasteiger partial charge in [-0.2, -0.15) is 0 Å². The molecule has 11 heavy (non-hydrogen) atoms. The fourth-order valence-electron chi connectivity index (χ4n) is 1.07. The number of nitrogens with zero attached hydrogens (tertiary/aromatic N) is 2. The SMILES string of the molecule is O=Cc1ccc2ccncn12. The molecule has 2 rings (SSSR count). The molecule has 2 aromatic heterocycles. The van der Waals surface area contributed by atoms with Gasteiger partial charge in [0, 0.05) is 11.7 Å². The van der Waals surface area contributed by atoms with Crippen molar-refractivity contribution in [3.8, 4) is 0 Å². The van der Waals surface area contributed by atoms with Crippen LogP contribution in [0.5, 0.6) is 0 Å². The first-order valence-corrected chi connectivity index (χ1v) is 3.28. The van der Waals surface area contributed by atoms with Crippen LogP contribution in [0, 0.1) is 0 Å². The minimum Gasteiger partial charge on any atom is -0.298 e. The van der Waals surface area contributed by atoms with Crippen LogP contribution >= 0.6 is 0 Å². The highest BCUT2D eigenvalue weighted by molar-refractivity contribution is 5.75. The Bertz CT molecular complexity index is 392. The molecule has 3 heteroatoms. The number of carbonyl (C=O) groups excluding carboxylic acids is 1. The Kier molecular flexibility index (Phi) is 1.22. The summed E-state index contributed by atoms with van der Waals surface area (Å²) in [5, 5.41) is 0. The summed E-state index contributed by atoms with van der Waals surface area (Å²) in [6.45, 7) is 0. The largest absolute Gasteiger partial charge is 0.298 e. The average Bonchev–Trinajstić information content (AvgIpc) is 2.47. The molecule has 0 atom stereocenters. The molecule has 0 unspecified atom stereocenters. The van der Waals surface area contributed by atoms with Gasteiger partial charge in [0.25, 0.3) is 0 Å². The van der Waals surface area contributed by atoms with Gasteiger partial charge in [-0.25, -0.2) is 4.98 Å². The van der Waals surface area contributed by atoms with Crippen LogP contribution in [0.2, 0.25) is 0 Å². The lowest BCUT2D eigenvalue weighted by Gasteiger charge is -1.92. The average molecular weight is 146 g/mol. The fourth-order valence-corrected chi connectivity index (χ4v) is 1.07. The zero-order valence-corrected chi connectivity index (χ0v) is 5.77. The highest BCUT2D eigenvalue weighted by atomic mass is 16.1. The molecule has 0 N–H and O–H groups in total. The summed E-state index contributed by atoms with van der Waals surface area (Å²) in [6.07, 6.45) is 4.14. The van der Waals surface area contributed by atoms with E-state index in [1.165, 1.54) is 0 Å². The van der Waals surface area contributed by atoms with E-state index >= 15 is 0 Å². The minimum absolute atomic E-state index is 0.633. The summed E-state index contributed by atoms with van der Waals surface area (Å²) in [5.41, 5.74) is 1.62. The van der Waals surface area contributed by atoms with E-state index in [-0.39, 0.29) is 0 Å². The molecular formula is C8H6N2O. The normalized spacial score (nSPS) is 10.2. The van der Waals surface area contributed by atoms with E-state index in [0.717, 1.165) is 11.8 Å². The standard InChI is InChI=1S/C8H6N2O/c11-5-8-2-1-7-3-4-9-6-10(7)8/h1-6H. The van der Waals surface area contributed by atoms with Crippen LogP contribution in [0.25, 0.3) is 5.52 Å². The van der Waals surface area contributed by atoms with Gasteiger partial charge in [0.15, 0.2) is 6.29 Å². The van der Waals surface area contributed by atoms with E-state index in [9.17, 15) is 4.79 Å². The molecule has 0 spiro atoms. The first-order chi connectivity index (χ1) is 5.42. The molecule has 0 aromatic carbocycles. The first kappa shape index (κ1) is 6.09. The van der Waals surface area contributed by atoms with Crippen molar-refractivity contribution in [1.82, 2.24) is 9.38 Å². The number of aldehydes is 1. The monoisotopic (exact) mass is 146 g/mol. The Morgan fingerprint density at radius 1 is 1.36 bits per heavy atom. The van der Waals surface area contributed by atoms with Crippen LogP contribution in [0.4, 0.5) is 0 Å². The maximum Gasteiger partial charge on any atom is 0.166 e. The van der Waals surface area contributed by atoms with Gasteiger partial charge in [0.05, 0.1) is 12.0 Å². The number of aromatic nitrogens is 2. The zero-order chi connectivity index (χ0) is 7.68. The van der Waals surface area contributed by atoms with Gasteiger partial charge in [-0.3, -0.25) is 9.20 Å². The predicted octanol–water partition coefficient (Wildman–Crippen LogP) is 1.15. The third kappa shape index (κ3) is 0.816. The Morgan fingerprint density at radius 3 is 3.09 bits per heavy atom. The van der Waals surface area contributed by atoms with Crippen molar-refractivity contribution in [3.05, 3.63) is 36.4 Å². The molecule has 2 heterocycles. The minimum atomic E-state index is 0.633. The predicted molar refractivity (Wildman–Crippen MR) is 40.6 cm³/mol. The molecule has 0 aliphatic heterocycles. The van der Waals surface area contributed by atoms with Gasteiger partial charge in [-0.15, -0.1) is 0 Å². The van der Waals surface area contributed by atoms with Gasteiger partial charge < -0.3 is 0 Å². The maximum atomic E-state index is 10.4. The van der Waals surface area contributed by atoms with Crippen LogP contribution in [0.15, 0.2) is 30.7 Å². The second-order valence-electron chi connectivity index (χ2n) is 2.25. The van der Waals surface area contributed by atoms with Crippen LogP contribution < -0.4 is 0 Å². The van der Waals surface area contributed by atoms with Crippen LogP contribution in [-0.2, 0) is 0 Å². The molecule has 0 fully saturated rings. The molecule has 0 bridgehead atoms. The molecule has 0 saturated carbocycles. The molecule has 2 aromatic rings. The smallest absolute Gasteiger partial charge is 0.166 e. The van der Waals surface area contributed by atoms with Crippen molar-refractivity contribution < 1.29 is 4.79 Å². The Balaban J connectivity index is 2.86. The van der Waals surface area contributed by atoms with Crippen LogP contribution in [0.1, 0.15) is 10.5 Å². The number of fused-ring (bicyclic) bond motifs is 1. The number of hydrogen-bond donors (Lipinski definition) is 0. The van der Waals surface area contributed by atoms with Crippen molar-refractivity contribution in [1.29, 1.82) is 0 Å². The van der Waals surface area contributed by atoms with E-state index in [1.54, 1.807) is 23.0 Å². The van der Waals surface area contributed by atoms with Crippen molar-refractivity contribution >= 4 is 11.8 Å². The molecule has 0 aliphatic rings. The van der Waals surface area contributed by atoms with Crippen molar-refractivity contribution in [2.75, 3.05) is 0 Å². The van der Waals surface area contributed by atoms with Crippen LogP contribution in [-0.4, -0.2) is 15.7 Å². The van der Waals surface area contributed by atoms with Crippen molar-refractivity contribution in [2.45, 2.75) is 0 Å². The molecule has 3 nitrogen and oxygen atoms in total. The van der Waals surface area contributed by atoms with Crippen molar-refractivity contribution in [2.24, 2.45) is 0 Å². The summed E-state index contributed by atoms with van der Waals surface area (Å²) >= 11 is 0. The van der Waals surface area contributed by atoms with E-state index in [1.807, 2.05) is 12.1 Å². The quantitative estimate of drug-likeness (QED) is 0.565. The second kappa shape index (κ2) is 2.20. The van der Waals surface area contributed by atoms with E-state index < -0.39 is 0 Å². The molecule has 0 saturated heterocycles. The highest BCUT2D eigenvalue weighted by Gasteiger charge is 1.96. The third-order valence-electron chi connectivity index (χ3n) is 1.62. The van der Waals surface area contributed by atoms with E-state index in [2.05, 4.69) is 4.98 Å². The highest BCUT2D eigenvalue weighted by Crippen LogP contribution is 2.05.